The largest absolute Gasteiger partial charge is 0.480 e. The molecule has 35 heavy (non-hydrogen) atoms. The molecule has 0 spiro atoms. The van der Waals surface area contributed by atoms with E-state index in [1.807, 2.05) is 13.8 Å². The van der Waals surface area contributed by atoms with E-state index < -0.39 is 35.7 Å². The number of carbonyl (C=O) groups is 3. The Morgan fingerprint density at radius 3 is 2.51 bits per heavy atom. The number of aliphatic imine (C=N–C) groups is 1. The van der Waals surface area contributed by atoms with Gasteiger partial charge in [-0.15, -0.1) is 0 Å². The van der Waals surface area contributed by atoms with Crippen LogP contribution in [0.3, 0.4) is 0 Å². The van der Waals surface area contributed by atoms with Gasteiger partial charge in [-0.25, -0.2) is 14.6 Å². The molecule has 0 aliphatic rings. The fourth-order valence-corrected chi connectivity index (χ4v) is 2.93. The second kappa shape index (κ2) is 13.8. The van der Waals surface area contributed by atoms with Crippen molar-refractivity contribution < 1.29 is 28.6 Å². The second-order valence-electron chi connectivity index (χ2n) is 9.14. The van der Waals surface area contributed by atoms with Crippen molar-refractivity contribution in [2.45, 2.75) is 71.6 Å². The van der Waals surface area contributed by atoms with Crippen LogP contribution in [-0.2, 0) is 9.53 Å². The van der Waals surface area contributed by atoms with Gasteiger partial charge in [0.1, 0.15) is 23.9 Å². The molecule has 0 bridgehead atoms. The van der Waals surface area contributed by atoms with Gasteiger partial charge >= 0.3 is 12.1 Å². The Bertz CT molecular complexity index is 929. The number of hydrogen-bond donors (Lipinski definition) is 5. The van der Waals surface area contributed by atoms with Crippen molar-refractivity contribution in [3.8, 4) is 6.19 Å². The van der Waals surface area contributed by atoms with E-state index in [1.54, 1.807) is 27.0 Å². The van der Waals surface area contributed by atoms with Crippen molar-refractivity contribution in [1.29, 1.82) is 5.26 Å². The number of nitrogens with zero attached hydrogens (tertiary/aromatic N) is 3. The Morgan fingerprint density at radius 1 is 1.29 bits per heavy atom. The number of carboxylic acids is 1. The number of oxazole rings is 1. The third-order valence-electron chi connectivity index (χ3n) is 4.41. The molecule has 1 rings (SSSR count). The van der Waals surface area contributed by atoms with Crippen LogP contribution < -0.4 is 21.3 Å². The topological polar surface area (TPSA) is 191 Å². The van der Waals surface area contributed by atoms with Gasteiger partial charge < -0.3 is 30.2 Å². The van der Waals surface area contributed by atoms with Crippen LogP contribution in [0.1, 0.15) is 76.3 Å². The van der Waals surface area contributed by atoms with E-state index in [0.29, 0.717) is 19.4 Å². The molecule has 194 valence electrons. The van der Waals surface area contributed by atoms with Gasteiger partial charge in [-0.1, -0.05) is 13.8 Å². The predicted octanol–water partition coefficient (Wildman–Crippen LogP) is 1.90. The van der Waals surface area contributed by atoms with Gasteiger partial charge in [-0.3, -0.25) is 15.1 Å². The number of nitrogens with one attached hydrogen (secondary N) is 4. The summed E-state index contributed by atoms with van der Waals surface area (Å²) in [5.74, 6) is -1.38. The highest BCUT2D eigenvalue weighted by molar-refractivity contribution is 5.94. The zero-order valence-corrected chi connectivity index (χ0v) is 21.0. The van der Waals surface area contributed by atoms with Crippen molar-refractivity contribution >= 4 is 23.9 Å². The molecule has 2 unspecified atom stereocenters. The second-order valence-corrected chi connectivity index (χ2v) is 9.14. The SMILES string of the molecule is CN=C(NC#N)NCCCC(NC(=O)c1coc(C(CC(C)C)NC(=O)OC(C)(C)C)n1)C(=O)O. The average molecular weight is 494 g/mol. The van der Waals surface area contributed by atoms with Crippen LogP contribution in [0.2, 0.25) is 0 Å². The van der Waals surface area contributed by atoms with Gasteiger partial charge in [0.25, 0.3) is 5.91 Å². The number of alkyl carbamates (subject to hydrolysis) is 1. The number of aliphatic carboxylic acids is 1. The smallest absolute Gasteiger partial charge is 0.408 e. The number of nitriles is 1. The summed E-state index contributed by atoms with van der Waals surface area (Å²) in [5, 5.41) is 28.4. The maximum Gasteiger partial charge on any atom is 0.408 e. The van der Waals surface area contributed by atoms with E-state index in [1.165, 1.54) is 7.05 Å². The molecule has 0 aromatic carbocycles. The van der Waals surface area contributed by atoms with Crippen molar-refractivity contribution in [2.75, 3.05) is 13.6 Å². The molecule has 5 N–H and O–H groups in total. The van der Waals surface area contributed by atoms with Crippen LogP contribution in [0, 0.1) is 17.4 Å². The first kappa shape index (κ1) is 29.2. The van der Waals surface area contributed by atoms with Crippen LogP contribution in [0.5, 0.6) is 0 Å². The summed E-state index contributed by atoms with van der Waals surface area (Å²) in [6, 6.07) is -1.80. The van der Waals surface area contributed by atoms with Gasteiger partial charge in [0.2, 0.25) is 11.9 Å². The molecule has 13 heteroatoms. The number of guanidine groups is 1. The van der Waals surface area contributed by atoms with Crippen molar-refractivity contribution in [1.82, 2.24) is 26.3 Å². The number of rotatable bonds is 11. The molecule has 1 aromatic heterocycles. The zero-order valence-electron chi connectivity index (χ0n) is 21.0. The minimum Gasteiger partial charge on any atom is -0.480 e. The molecule has 0 fully saturated rings. The number of hydrogen-bond acceptors (Lipinski definition) is 8. The van der Waals surface area contributed by atoms with Crippen LogP contribution in [0.25, 0.3) is 0 Å². The maximum atomic E-state index is 12.6. The highest BCUT2D eigenvalue weighted by Crippen LogP contribution is 2.22. The Balaban J connectivity index is 2.79. The summed E-state index contributed by atoms with van der Waals surface area (Å²) in [6.07, 6.45) is 3.19. The summed E-state index contributed by atoms with van der Waals surface area (Å²) in [6.45, 7) is 9.48. The number of aromatic nitrogens is 1. The van der Waals surface area contributed by atoms with Gasteiger partial charge in [-0.05, 0) is 46.0 Å². The van der Waals surface area contributed by atoms with Crippen LogP contribution >= 0.6 is 0 Å². The lowest BCUT2D eigenvalue weighted by Gasteiger charge is -2.23. The average Bonchev–Trinajstić information content (AvgIpc) is 3.23. The minimum absolute atomic E-state index is 0.109. The zero-order chi connectivity index (χ0) is 26.6. The van der Waals surface area contributed by atoms with E-state index in [4.69, 9.17) is 14.4 Å². The molecule has 1 aromatic rings. The van der Waals surface area contributed by atoms with Crippen LogP contribution in [0.4, 0.5) is 4.79 Å². The molecule has 0 aliphatic heterocycles. The monoisotopic (exact) mass is 493 g/mol. The lowest BCUT2D eigenvalue weighted by Crippen LogP contribution is -2.42. The maximum absolute atomic E-state index is 12.6. The van der Waals surface area contributed by atoms with Gasteiger partial charge in [0.15, 0.2) is 11.9 Å². The summed E-state index contributed by atoms with van der Waals surface area (Å²) in [4.78, 5) is 44.4. The molecule has 0 saturated carbocycles. The molecule has 1 heterocycles. The quantitative estimate of drug-likeness (QED) is 0.0999. The van der Waals surface area contributed by atoms with E-state index >= 15 is 0 Å². The molecular formula is C22H35N7O6. The summed E-state index contributed by atoms with van der Waals surface area (Å²) in [7, 11) is 1.49. The Labute approximate surface area is 204 Å². The van der Waals surface area contributed by atoms with Crippen LogP contribution in [0.15, 0.2) is 15.7 Å². The highest BCUT2D eigenvalue weighted by Gasteiger charge is 2.27. The van der Waals surface area contributed by atoms with E-state index in [0.717, 1.165) is 6.26 Å². The summed E-state index contributed by atoms with van der Waals surface area (Å²) in [5.41, 5.74) is -0.796. The number of carbonyl (C=O) groups excluding carboxylic acids is 2. The molecule has 0 radical (unpaired) electrons. The number of amides is 2. The highest BCUT2D eigenvalue weighted by atomic mass is 16.6. The number of carboxylic acid groups (broad SMARTS) is 1. The number of ether oxygens (including phenoxy) is 1. The fourth-order valence-electron chi connectivity index (χ4n) is 2.93. The first-order valence-corrected chi connectivity index (χ1v) is 11.2. The molecule has 2 amide bonds. The molecule has 13 nitrogen and oxygen atoms in total. The van der Waals surface area contributed by atoms with Gasteiger partial charge in [0.05, 0.1) is 0 Å². The first-order valence-electron chi connectivity index (χ1n) is 11.2. The summed E-state index contributed by atoms with van der Waals surface area (Å²) >= 11 is 0. The lowest BCUT2D eigenvalue weighted by atomic mass is 10.0. The Hall–Kier alpha value is -3.82. The molecular weight excluding hydrogens is 458 g/mol. The normalized spacial score (nSPS) is 13.4. The van der Waals surface area contributed by atoms with Crippen molar-refractivity contribution in [3.63, 3.8) is 0 Å². The van der Waals surface area contributed by atoms with Crippen molar-refractivity contribution in [2.24, 2.45) is 10.9 Å². The van der Waals surface area contributed by atoms with Crippen molar-refractivity contribution in [3.05, 3.63) is 17.8 Å². The summed E-state index contributed by atoms with van der Waals surface area (Å²) < 4.78 is 10.7. The lowest BCUT2D eigenvalue weighted by molar-refractivity contribution is -0.139. The predicted molar refractivity (Wildman–Crippen MR) is 126 cm³/mol. The molecule has 0 saturated heterocycles. The molecule has 0 aliphatic carbocycles. The third kappa shape index (κ3) is 11.2. The van der Waals surface area contributed by atoms with E-state index in [9.17, 15) is 19.5 Å². The third-order valence-corrected chi connectivity index (χ3v) is 4.41. The standard InChI is InChI=1S/C22H35N7O6/c1-13(2)10-15(29-21(33)35-22(3,4)5)18-28-16(11-34-18)17(30)27-14(19(31)32)8-7-9-25-20(24-6)26-12-23/h11,13-15H,7-10H2,1-6H3,(H,27,30)(H,29,33)(H,31,32)(H2,24,25,26). The van der Waals surface area contributed by atoms with Crippen LogP contribution in [-0.4, -0.2) is 59.3 Å². The van der Waals surface area contributed by atoms with Gasteiger partial charge in [0, 0.05) is 13.6 Å². The first-order chi connectivity index (χ1) is 16.4. The minimum atomic E-state index is -1.20. The van der Waals surface area contributed by atoms with E-state index in [2.05, 4.69) is 31.2 Å². The molecule has 2 atom stereocenters. The fraction of sp³-hybridized carbons (Fsp3) is 0.636. The Kier molecular flexibility index (Phi) is 11.5. The van der Waals surface area contributed by atoms with Gasteiger partial charge in [-0.2, -0.15) is 5.26 Å². The van der Waals surface area contributed by atoms with E-state index in [-0.39, 0.29) is 29.9 Å². The Morgan fingerprint density at radius 2 is 1.97 bits per heavy atom.